The number of aliphatic carboxylic acids is 1. The van der Waals surface area contributed by atoms with Crippen molar-refractivity contribution in [2.75, 3.05) is 13.1 Å². The summed E-state index contributed by atoms with van der Waals surface area (Å²) >= 11 is 0. The number of nitrogens with zero attached hydrogens (tertiary/aromatic N) is 3. The van der Waals surface area contributed by atoms with E-state index in [0.717, 1.165) is 5.56 Å². The van der Waals surface area contributed by atoms with Crippen LogP contribution < -0.4 is 37.6 Å². The molecule has 0 saturated carbocycles. The number of carboxylic acid groups (broad SMARTS) is 1. The Balaban J connectivity index is 1.30. The molecule has 21 nitrogen and oxygen atoms in total. The average Bonchev–Trinajstić information content (AvgIpc) is 4.16. The molecule has 5 rings (SSSR count). The maximum atomic E-state index is 14.5. The molecule has 396 valence electrons. The number of likely N-dealkylation sites (tertiary alicyclic amines) is 1. The fraction of sp³-hybridized carbons (Fsp3) is 0.519. The van der Waals surface area contributed by atoms with Crippen molar-refractivity contribution in [3.05, 3.63) is 102 Å². The van der Waals surface area contributed by atoms with Gasteiger partial charge in [-0.2, -0.15) is 0 Å². The standard InChI is InChI=1S/C52H74N12O9/c1-30(2)19-37(27-56-40(20-31(3)4)46(66)63-45(32(5)6)50(70)62-43(52(72)73)22-34-14-16-38(65)17-15-34)59-47(67)42(24-36-26-55-29-58-36)60-48(68)41(21-33-11-8-7-9-12-33)61-49(69)44-13-10-18-64(44)51(71)39(53)23-35-25-54-28-57-35/h7-9,11-12,14-17,25-26,28-32,37,39-45,56,65H,10,13,18-24,27,53H2,1-6H3,(H,54,57)(H,55,58)(H,59,67)(H,60,68)(H,61,69)(H,62,70)(H,63,66)(H,72,73)/t37-,39+,40-,41+,42+,43+,44+,45+/m1/s1. The van der Waals surface area contributed by atoms with Gasteiger partial charge in [0, 0.05) is 68.6 Å². The highest BCUT2D eigenvalue weighted by molar-refractivity contribution is 5.95. The van der Waals surface area contributed by atoms with E-state index < -0.39 is 95.7 Å². The lowest BCUT2D eigenvalue weighted by atomic mass is 9.98. The Kier molecular flexibility index (Phi) is 21.5. The van der Waals surface area contributed by atoms with Gasteiger partial charge >= 0.3 is 5.97 Å². The summed E-state index contributed by atoms with van der Waals surface area (Å²) in [5.41, 5.74) is 8.87. The van der Waals surface area contributed by atoms with Gasteiger partial charge < -0.3 is 62.7 Å². The van der Waals surface area contributed by atoms with Crippen molar-refractivity contribution in [3.8, 4) is 5.75 Å². The van der Waals surface area contributed by atoms with Crippen LogP contribution in [0.15, 0.2) is 79.6 Å². The monoisotopic (exact) mass is 1010 g/mol. The van der Waals surface area contributed by atoms with E-state index >= 15 is 0 Å². The van der Waals surface area contributed by atoms with Crippen LogP contribution in [0.2, 0.25) is 0 Å². The lowest BCUT2D eigenvalue weighted by molar-refractivity contribution is -0.142. The minimum atomic E-state index is -1.31. The summed E-state index contributed by atoms with van der Waals surface area (Å²) in [5.74, 6) is -4.80. The Hall–Kier alpha value is -7.13. The molecule has 0 unspecified atom stereocenters. The molecule has 1 saturated heterocycles. The van der Waals surface area contributed by atoms with Gasteiger partial charge in [-0.3, -0.25) is 28.8 Å². The highest BCUT2D eigenvalue weighted by atomic mass is 16.4. The van der Waals surface area contributed by atoms with E-state index in [4.69, 9.17) is 5.73 Å². The van der Waals surface area contributed by atoms with Gasteiger partial charge in [0.2, 0.25) is 35.4 Å². The Morgan fingerprint density at radius 1 is 0.671 bits per heavy atom. The number of phenols is 1. The van der Waals surface area contributed by atoms with Crippen molar-refractivity contribution in [2.24, 2.45) is 23.5 Å². The highest BCUT2D eigenvalue weighted by Gasteiger charge is 2.39. The average molecular weight is 1010 g/mol. The molecule has 8 atom stereocenters. The van der Waals surface area contributed by atoms with Crippen LogP contribution in [-0.4, -0.2) is 138 Å². The van der Waals surface area contributed by atoms with Crippen molar-refractivity contribution in [1.82, 2.24) is 56.7 Å². The van der Waals surface area contributed by atoms with Gasteiger partial charge in [0.05, 0.1) is 24.7 Å². The normalized spacial score (nSPS) is 16.5. The molecular weight excluding hydrogens is 937 g/mol. The van der Waals surface area contributed by atoms with E-state index in [-0.39, 0.29) is 49.8 Å². The van der Waals surface area contributed by atoms with Crippen LogP contribution in [0.5, 0.6) is 5.75 Å². The first-order valence-electron chi connectivity index (χ1n) is 25.1. The third kappa shape index (κ3) is 17.8. The molecule has 6 amide bonds. The Morgan fingerprint density at radius 2 is 1.23 bits per heavy atom. The van der Waals surface area contributed by atoms with Gasteiger partial charge in [0.25, 0.3) is 0 Å². The van der Waals surface area contributed by atoms with E-state index in [1.807, 2.05) is 58.0 Å². The predicted molar refractivity (Wildman–Crippen MR) is 272 cm³/mol. The number of nitrogens with one attached hydrogen (secondary N) is 8. The van der Waals surface area contributed by atoms with Gasteiger partial charge in [0.15, 0.2) is 0 Å². The van der Waals surface area contributed by atoms with E-state index in [1.165, 1.54) is 29.7 Å². The molecule has 12 N–H and O–H groups in total. The number of H-pyrrole nitrogens is 2. The summed E-state index contributed by atoms with van der Waals surface area (Å²) in [7, 11) is 0. The quantitative estimate of drug-likeness (QED) is 0.0386. The first-order valence-corrected chi connectivity index (χ1v) is 25.1. The van der Waals surface area contributed by atoms with E-state index in [9.17, 15) is 43.8 Å². The summed E-state index contributed by atoms with van der Waals surface area (Å²) in [6, 6.07) is 7.21. The Morgan fingerprint density at radius 3 is 1.82 bits per heavy atom. The number of hydrogen-bond acceptors (Lipinski definition) is 12. The number of aromatic amines is 2. The molecule has 3 heterocycles. The summed E-state index contributed by atoms with van der Waals surface area (Å²) in [4.78, 5) is 112. The Labute approximate surface area is 426 Å². The largest absolute Gasteiger partial charge is 0.508 e. The molecule has 4 aromatic rings. The molecule has 0 bridgehead atoms. The van der Waals surface area contributed by atoms with Gasteiger partial charge in [-0.1, -0.05) is 84.0 Å². The number of nitrogens with two attached hydrogens (primary N) is 1. The van der Waals surface area contributed by atoms with Crippen molar-refractivity contribution in [2.45, 2.75) is 141 Å². The fourth-order valence-electron chi connectivity index (χ4n) is 8.88. The van der Waals surface area contributed by atoms with E-state index in [2.05, 4.69) is 51.8 Å². The number of carboxylic acids is 1. The number of carbonyl (C=O) groups is 7. The topological polar surface area (TPSA) is 319 Å². The molecule has 73 heavy (non-hydrogen) atoms. The summed E-state index contributed by atoms with van der Waals surface area (Å²) in [5, 5.41) is 37.3. The number of phenolic OH excluding ortho intramolecular Hbond substituents is 1. The van der Waals surface area contributed by atoms with E-state index in [0.29, 0.717) is 49.2 Å². The van der Waals surface area contributed by atoms with E-state index in [1.54, 1.807) is 38.4 Å². The summed E-state index contributed by atoms with van der Waals surface area (Å²) in [6.45, 7) is 11.8. The highest BCUT2D eigenvalue weighted by Crippen LogP contribution is 2.20. The molecule has 2 aromatic carbocycles. The summed E-state index contributed by atoms with van der Waals surface area (Å²) < 4.78 is 0. The number of benzene rings is 2. The number of aromatic hydroxyl groups is 1. The molecule has 1 aliphatic heterocycles. The maximum Gasteiger partial charge on any atom is 0.326 e. The second kappa shape index (κ2) is 27.6. The number of carbonyl (C=O) groups excluding carboxylic acids is 6. The zero-order valence-electron chi connectivity index (χ0n) is 42.6. The molecule has 1 aliphatic rings. The van der Waals surface area contributed by atoms with Crippen LogP contribution in [0.1, 0.15) is 89.7 Å². The van der Waals surface area contributed by atoms with Gasteiger partial charge in [-0.05, 0) is 66.7 Å². The maximum absolute atomic E-state index is 14.5. The lowest BCUT2D eigenvalue weighted by Gasteiger charge is -2.30. The van der Waals surface area contributed by atoms with Crippen LogP contribution in [-0.2, 0) is 59.2 Å². The van der Waals surface area contributed by atoms with Gasteiger partial charge in [-0.15, -0.1) is 0 Å². The van der Waals surface area contributed by atoms with Gasteiger partial charge in [-0.25, -0.2) is 14.8 Å². The molecular formula is C52H74N12O9. The smallest absolute Gasteiger partial charge is 0.326 e. The number of amides is 6. The number of imidazole rings is 2. The zero-order valence-corrected chi connectivity index (χ0v) is 42.6. The molecule has 0 radical (unpaired) electrons. The zero-order chi connectivity index (χ0) is 53.2. The first-order chi connectivity index (χ1) is 34.8. The molecule has 0 spiro atoms. The van der Waals surface area contributed by atoms with Crippen LogP contribution in [0.4, 0.5) is 0 Å². The van der Waals surface area contributed by atoms with Crippen molar-refractivity contribution < 1.29 is 43.8 Å². The third-order valence-corrected chi connectivity index (χ3v) is 12.7. The molecule has 1 fully saturated rings. The predicted octanol–water partition coefficient (Wildman–Crippen LogP) is 1.64. The van der Waals surface area contributed by atoms with Crippen molar-refractivity contribution in [3.63, 3.8) is 0 Å². The minimum absolute atomic E-state index is 0.0131. The van der Waals surface area contributed by atoms with Gasteiger partial charge in [0.1, 0.15) is 36.0 Å². The Bertz CT molecular complexity index is 2400. The minimum Gasteiger partial charge on any atom is -0.508 e. The summed E-state index contributed by atoms with van der Waals surface area (Å²) in [6.07, 6.45) is 8.09. The first kappa shape index (κ1) is 56.8. The number of aromatic nitrogens is 4. The third-order valence-electron chi connectivity index (χ3n) is 12.7. The SMILES string of the molecule is CC(C)C[C@H](CN[C@H](CC(C)C)C(=O)N[C@H](C(=O)N[C@@H](Cc1ccc(O)cc1)C(=O)O)C(C)C)NC(=O)[C@H](Cc1cnc[nH]1)NC(=O)[C@H](Cc1ccccc1)NC(=O)[C@@H]1CCCN1C(=O)[C@@H](N)Cc1cnc[nH]1. The van der Waals surface area contributed by atoms with Crippen molar-refractivity contribution in [1.29, 1.82) is 0 Å². The fourth-order valence-corrected chi connectivity index (χ4v) is 8.88. The second-order valence-electron chi connectivity index (χ2n) is 20.1. The molecule has 21 heteroatoms. The molecule has 2 aromatic heterocycles. The van der Waals surface area contributed by atoms with Crippen LogP contribution in [0.25, 0.3) is 0 Å². The molecule has 0 aliphatic carbocycles. The van der Waals surface area contributed by atoms with Crippen LogP contribution in [0, 0.1) is 17.8 Å². The second-order valence-corrected chi connectivity index (χ2v) is 20.1. The number of hydrogen-bond donors (Lipinski definition) is 11. The van der Waals surface area contributed by atoms with Crippen LogP contribution >= 0.6 is 0 Å². The number of rotatable bonds is 28. The van der Waals surface area contributed by atoms with Crippen LogP contribution in [0.3, 0.4) is 0 Å². The van der Waals surface area contributed by atoms with Crippen molar-refractivity contribution >= 4 is 41.4 Å². The lowest BCUT2D eigenvalue weighted by Crippen LogP contribution is -2.60.